The van der Waals surface area contributed by atoms with Crippen molar-refractivity contribution in [3.8, 4) is 0 Å². The van der Waals surface area contributed by atoms with Crippen molar-refractivity contribution in [2.24, 2.45) is 5.92 Å². The monoisotopic (exact) mass is 297 g/mol. The first kappa shape index (κ1) is 14.7. The smallest absolute Gasteiger partial charge is 0.317 e. The molecule has 0 aliphatic carbocycles. The first-order chi connectivity index (χ1) is 9.41. The molecule has 0 spiro atoms. The molecule has 1 aromatic rings. The lowest BCUT2D eigenvalue weighted by atomic mass is 9.93. The summed E-state index contributed by atoms with van der Waals surface area (Å²) in [5, 5.41) is 17.6. The third-order valence-electron chi connectivity index (χ3n) is 3.16. The number of rotatable bonds is 4. The fraction of sp³-hybridized carbons (Fsp3) is 0.385. The van der Waals surface area contributed by atoms with E-state index in [0.717, 1.165) is 11.8 Å². The number of carbonyl (C=O) groups is 2. The van der Waals surface area contributed by atoms with E-state index in [1.54, 1.807) is 37.2 Å². The van der Waals surface area contributed by atoms with Crippen LogP contribution in [0.4, 0.5) is 0 Å². The van der Waals surface area contributed by atoms with Crippen molar-refractivity contribution >= 4 is 28.6 Å². The van der Waals surface area contributed by atoms with E-state index in [1.165, 1.54) is 6.26 Å². The van der Waals surface area contributed by atoms with E-state index >= 15 is 0 Å². The molecule has 0 bridgehead atoms. The summed E-state index contributed by atoms with van der Waals surface area (Å²) < 4.78 is 5.28. The van der Waals surface area contributed by atoms with Crippen molar-refractivity contribution in [1.82, 2.24) is 4.90 Å². The summed E-state index contributed by atoms with van der Waals surface area (Å²) in [7, 11) is 3.46. The normalized spacial score (nSPS) is 26.4. The van der Waals surface area contributed by atoms with Gasteiger partial charge in [-0.25, -0.2) is 0 Å². The summed E-state index contributed by atoms with van der Waals surface area (Å²) in [6.45, 7) is 0. The summed E-state index contributed by atoms with van der Waals surface area (Å²) >= 11 is 1.02. The van der Waals surface area contributed by atoms with Gasteiger partial charge in [-0.2, -0.15) is 0 Å². The quantitative estimate of drug-likeness (QED) is 0.869. The van der Waals surface area contributed by atoms with Crippen LogP contribution in [0.1, 0.15) is 5.76 Å². The van der Waals surface area contributed by atoms with E-state index in [2.05, 4.69) is 0 Å². The number of furan rings is 1. The van der Waals surface area contributed by atoms with E-state index in [-0.39, 0.29) is 0 Å². The molecule has 0 radical (unpaired) electrons. The summed E-state index contributed by atoms with van der Waals surface area (Å²) in [5.74, 6) is -2.70. The predicted molar refractivity (Wildman–Crippen MR) is 74.3 cm³/mol. The highest BCUT2D eigenvalue weighted by molar-refractivity contribution is 8.09. The number of carboxylic acids is 2. The number of likely N-dealkylation sites (N-methyl/N-ethyl adjacent to an activating group) is 1. The van der Waals surface area contributed by atoms with Gasteiger partial charge in [-0.3, -0.25) is 9.59 Å². The molecule has 108 valence electrons. The van der Waals surface area contributed by atoms with Crippen molar-refractivity contribution < 1.29 is 24.2 Å². The Morgan fingerprint density at radius 2 is 2.00 bits per heavy atom. The van der Waals surface area contributed by atoms with Crippen molar-refractivity contribution in [3.63, 3.8) is 0 Å². The van der Waals surface area contributed by atoms with Gasteiger partial charge in [0.2, 0.25) is 0 Å². The second-order valence-corrected chi connectivity index (χ2v) is 5.89. The van der Waals surface area contributed by atoms with Gasteiger partial charge in [-0.1, -0.05) is 0 Å². The highest BCUT2D eigenvalue weighted by atomic mass is 32.2. The molecular formula is C13H15NO5S. The predicted octanol–water partition coefficient (Wildman–Crippen LogP) is 1.45. The number of carboxylic acid groups (broad SMARTS) is 2. The fourth-order valence-electron chi connectivity index (χ4n) is 2.20. The van der Waals surface area contributed by atoms with Crippen LogP contribution < -0.4 is 0 Å². The average Bonchev–Trinajstić information content (AvgIpc) is 2.90. The van der Waals surface area contributed by atoms with Crippen LogP contribution in [0.3, 0.4) is 0 Å². The molecule has 2 N–H and O–H groups in total. The van der Waals surface area contributed by atoms with Crippen molar-refractivity contribution in [2.45, 2.75) is 11.3 Å². The minimum Gasteiger partial charge on any atom is -0.481 e. The van der Waals surface area contributed by atoms with Crippen molar-refractivity contribution in [2.75, 3.05) is 14.1 Å². The zero-order chi connectivity index (χ0) is 14.9. The van der Waals surface area contributed by atoms with Gasteiger partial charge in [-0.05, 0) is 32.3 Å². The summed E-state index contributed by atoms with van der Waals surface area (Å²) in [4.78, 5) is 25.2. The van der Waals surface area contributed by atoms with E-state index in [9.17, 15) is 19.8 Å². The Kier molecular flexibility index (Phi) is 4.20. The van der Waals surface area contributed by atoms with Crippen molar-refractivity contribution in [3.05, 3.63) is 30.2 Å². The SMILES string of the molecule is CN(C)[C@@H]1C=C(c2ccco2)S[C@H](C(=O)O)[C@H]1C(=O)O. The maximum Gasteiger partial charge on any atom is 0.317 e. The Bertz CT molecular complexity index is 537. The molecule has 0 amide bonds. The Labute approximate surface area is 120 Å². The Hall–Kier alpha value is -1.73. The average molecular weight is 297 g/mol. The van der Waals surface area contributed by atoms with Crippen molar-refractivity contribution in [1.29, 1.82) is 0 Å². The lowest BCUT2D eigenvalue weighted by Crippen LogP contribution is -2.48. The topological polar surface area (TPSA) is 91.0 Å². The number of hydrogen-bond donors (Lipinski definition) is 2. The molecule has 6 nitrogen and oxygen atoms in total. The van der Waals surface area contributed by atoms with Gasteiger partial charge in [0.25, 0.3) is 0 Å². The standard InChI is InChI=1S/C13H15NO5S/c1-14(2)7-6-9(8-4-3-5-19-8)20-11(13(17)18)10(7)12(15)16/h3-7,10-11H,1-2H3,(H,15,16)(H,17,18)/t7-,10+,11+/m1/s1. The maximum atomic E-state index is 11.4. The second-order valence-electron chi connectivity index (χ2n) is 4.70. The van der Waals surface area contributed by atoms with Crippen LogP contribution in [0.2, 0.25) is 0 Å². The van der Waals surface area contributed by atoms with Gasteiger partial charge < -0.3 is 19.5 Å². The van der Waals surface area contributed by atoms with Crippen LogP contribution in [0.25, 0.3) is 4.91 Å². The van der Waals surface area contributed by atoms with Gasteiger partial charge in [0.05, 0.1) is 12.2 Å². The zero-order valence-corrected chi connectivity index (χ0v) is 11.8. The zero-order valence-electron chi connectivity index (χ0n) is 11.0. The summed E-state index contributed by atoms with van der Waals surface area (Å²) in [6.07, 6.45) is 3.25. The van der Waals surface area contributed by atoms with Crippen LogP contribution in [0.5, 0.6) is 0 Å². The van der Waals surface area contributed by atoms with Crippen LogP contribution in [-0.4, -0.2) is 52.4 Å². The number of nitrogens with zero attached hydrogens (tertiary/aromatic N) is 1. The first-order valence-electron chi connectivity index (χ1n) is 5.96. The molecule has 1 aliphatic heterocycles. The molecule has 20 heavy (non-hydrogen) atoms. The summed E-state index contributed by atoms with van der Waals surface area (Å²) in [6, 6.07) is 2.93. The summed E-state index contributed by atoms with van der Waals surface area (Å²) in [5.41, 5.74) is 0. The molecule has 0 saturated heterocycles. The lowest BCUT2D eigenvalue weighted by molar-refractivity contribution is -0.149. The van der Waals surface area contributed by atoms with E-state index in [1.807, 2.05) is 0 Å². The van der Waals surface area contributed by atoms with Crippen LogP contribution in [0, 0.1) is 5.92 Å². The molecule has 0 unspecified atom stereocenters. The van der Waals surface area contributed by atoms with Gasteiger partial charge in [0, 0.05) is 10.9 Å². The lowest BCUT2D eigenvalue weighted by Gasteiger charge is -2.35. The van der Waals surface area contributed by atoms with Crippen LogP contribution in [0.15, 0.2) is 28.9 Å². The van der Waals surface area contributed by atoms with Gasteiger partial charge in [-0.15, -0.1) is 11.8 Å². The number of hydrogen-bond acceptors (Lipinski definition) is 5. The molecule has 1 aliphatic rings. The van der Waals surface area contributed by atoms with E-state index < -0.39 is 29.1 Å². The highest BCUT2D eigenvalue weighted by Crippen LogP contribution is 2.42. The van der Waals surface area contributed by atoms with Crippen LogP contribution in [-0.2, 0) is 9.59 Å². The molecule has 7 heteroatoms. The first-order valence-corrected chi connectivity index (χ1v) is 6.84. The third kappa shape index (κ3) is 2.73. The molecule has 0 fully saturated rings. The molecule has 0 saturated carbocycles. The molecular weight excluding hydrogens is 282 g/mol. The largest absolute Gasteiger partial charge is 0.481 e. The Morgan fingerprint density at radius 3 is 2.45 bits per heavy atom. The fourth-order valence-corrected chi connectivity index (χ4v) is 3.44. The molecule has 0 aromatic carbocycles. The molecule has 2 heterocycles. The van der Waals surface area contributed by atoms with Gasteiger partial charge in [0.15, 0.2) is 0 Å². The van der Waals surface area contributed by atoms with Gasteiger partial charge >= 0.3 is 11.9 Å². The minimum atomic E-state index is -1.13. The van der Waals surface area contributed by atoms with Crippen LogP contribution >= 0.6 is 11.8 Å². The molecule has 2 rings (SSSR count). The highest BCUT2D eigenvalue weighted by Gasteiger charge is 2.44. The Balaban J connectivity index is 2.45. The number of thioether (sulfide) groups is 1. The van der Waals surface area contributed by atoms with E-state index in [4.69, 9.17) is 4.42 Å². The number of aliphatic carboxylic acids is 2. The second kappa shape index (κ2) is 5.72. The van der Waals surface area contributed by atoms with E-state index in [0.29, 0.717) is 10.7 Å². The molecule has 1 aromatic heterocycles. The van der Waals surface area contributed by atoms with Gasteiger partial charge in [0.1, 0.15) is 11.0 Å². The maximum absolute atomic E-state index is 11.4. The molecule has 3 atom stereocenters. The third-order valence-corrected chi connectivity index (χ3v) is 4.50. The minimum absolute atomic E-state index is 0.505. The Morgan fingerprint density at radius 1 is 1.30 bits per heavy atom.